The molecule has 220 valence electrons. The Labute approximate surface area is 225 Å². The summed E-state index contributed by atoms with van der Waals surface area (Å²) in [5.74, 6) is -0.896. The summed E-state index contributed by atoms with van der Waals surface area (Å²) >= 11 is 0. The molecule has 0 fully saturated rings. The van der Waals surface area contributed by atoms with Crippen LogP contribution in [0.5, 0.6) is 0 Å². The van der Waals surface area contributed by atoms with Gasteiger partial charge in [-0.25, -0.2) is 4.57 Å². The van der Waals surface area contributed by atoms with Crippen molar-refractivity contribution in [2.45, 2.75) is 116 Å². The van der Waals surface area contributed by atoms with E-state index >= 15 is 0 Å². The van der Waals surface area contributed by atoms with Gasteiger partial charge in [-0.3, -0.25) is 18.6 Å². The topological polar surface area (TPSA) is 108 Å². The average Bonchev–Trinajstić information content (AvgIpc) is 2.82. The van der Waals surface area contributed by atoms with Crippen LogP contribution in [0.25, 0.3) is 0 Å². The number of carbonyl (C=O) groups is 2. The van der Waals surface area contributed by atoms with Crippen molar-refractivity contribution in [3.8, 4) is 0 Å². The number of nitrogens with zero attached hydrogens (tertiary/aromatic N) is 1. The molecular formula is C27H55NO8P+. The maximum atomic E-state index is 12.3. The van der Waals surface area contributed by atoms with Crippen LogP contribution in [0, 0.1) is 0 Å². The predicted molar refractivity (Wildman–Crippen MR) is 146 cm³/mol. The van der Waals surface area contributed by atoms with Crippen LogP contribution in [0.3, 0.4) is 0 Å². The molecule has 37 heavy (non-hydrogen) atoms. The molecular weight excluding hydrogens is 497 g/mol. The maximum absolute atomic E-state index is 12.3. The Bertz CT molecular complexity index is 638. The van der Waals surface area contributed by atoms with E-state index < -0.39 is 32.5 Å². The average molecular weight is 553 g/mol. The highest BCUT2D eigenvalue weighted by molar-refractivity contribution is 7.47. The lowest BCUT2D eigenvalue weighted by Crippen LogP contribution is -2.37. The van der Waals surface area contributed by atoms with Gasteiger partial charge in [-0.1, -0.05) is 90.9 Å². The van der Waals surface area contributed by atoms with Gasteiger partial charge in [-0.15, -0.1) is 0 Å². The zero-order valence-electron chi connectivity index (χ0n) is 24.2. The number of ether oxygens (including phenoxy) is 2. The van der Waals surface area contributed by atoms with Crippen molar-refractivity contribution in [2.24, 2.45) is 0 Å². The lowest BCUT2D eigenvalue weighted by atomic mass is 10.0. The standard InChI is InChI=1S/C27H54NO8P/c1-6-8-9-10-11-12-13-14-15-16-17-18-19-20-27(30)36-25(23-33-26(29)7-2)24-35-37(31,32)34-22-21-28(3,4)5/h25H,6-24H2,1-5H3/p+1/t25-/m1/s1. The minimum absolute atomic E-state index is 0.0333. The van der Waals surface area contributed by atoms with E-state index in [0.717, 1.165) is 12.8 Å². The highest BCUT2D eigenvalue weighted by Gasteiger charge is 2.26. The smallest absolute Gasteiger partial charge is 0.462 e. The number of quaternary nitrogens is 1. The van der Waals surface area contributed by atoms with E-state index in [1.165, 1.54) is 64.2 Å². The number of hydrogen-bond donors (Lipinski definition) is 1. The van der Waals surface area contributed by atoms with Gasteiger partial charge >= 0.3 is 19.8 Å². The molecule has 0 saturated heterocycles. The molecule has 0 aromatic carbocycles. The zero-order valence-corrected chi connectivity index (χ0v) is 25.1. The van der Waals surface area contributed by atoms with E-state index in [1.807, 2.05) is 21.1 Å². The number of hydrogen-bond acceptors (Lipinski definition) is 7. The fourth-order valence-electron chi connectivity index (χ4n) is 3.58. The first-order chi connectivity index (χ1) is 17.5. The minimum Gasteiger partial charge on any atom is -0.462 e. The van der Waals surface area contributed by atoms with Crippen molar-refractivity contribution < 1.29 is 42.1 Å². The van der Waals surface area contributed by atoms with E-state index in [1.54, 1.807) is 6.92 Å². The van der Waals surface area contributed by atoms with Crippen LogP contribution >= 0.6 is 7.82 Å². The van der Waals surface area contributed by atoms with Gasteiger partial charge in [0, 0.05) is 12.8 Å². The van der Waals surface area contributed by atoms with Gasteiger partial charge in [0.1, 0.15) is 19.8 Å². The van der Waals surface area contributed by atoms with Crippen LogP contribution in [0.1, 0.15) is 110 Å². The molecule has 0 aliphatic rings. The number of esters is 2. The summed E-state index contributed by atoms with van der Waals surface area (Å²) in [5, 5.41) is 0. The van der Waals surface area contributed by atoms with E-state index in [4.69, 9.17) is 18.5 Å². The molecule has 0 amide bonds. The number of phosphoric ester groups is 1. The number of carbonyl (C=O) groups excluding carboxylic acids is 2. The Morgan fingerprint density at radius 3 is 1.76 bits per heavy atom. The molecule has 0 aliphatic heterocycles. The van der Waals surface area contributed by atoms with Crippen LogP contribution in [-0.4, -0.2) is 74.9 Å². The monoisotopic (exact) mass is 552 g/mol. The summed E-state index contributed by atoms with van der Waals surface area (Å²) in [6.45, 7) is 3.80. The molecule has 0 aromatic heterocycles. The molecule has 10 heteroatoms. The third-order valence-corrected chi connectivity index (χ3v) is 6.93. The molecule has 0 spiro atoms. The molecule has 0 bridgehead atoms. The minimum atomic E-state index is -4.32. The van der Waals surface area contributed by atoms with Crippen molar-refractivity contribution in [2.75, 3.05) is 47.5 Å². The van der Waals surface area contributed by atoms with Crippen LogP contribution in [-0.2, 0) is 32.7 Å². The Kier molecular flexibility index (Phi) is 21.3. The van der Waals surface area contributed by atoms with Crippen LogP contribution in [0.2, 0.25) is 0 Å². The van der Waals surface area contributed by atoms with Crippen molar-refractivity contribution in [3.05, 3.63) is 0 Å². The molecule has 0 radical (unpaired) electrons. The van der Waals surface area contributed by atoms with E-state index in [9.17, 15) is 19.0 Å². The second kappa shape index (κ2) is 21.9. The lowest BCUT2D eigenvalue weighted by molar-refractivity contribution is -0.870. The molecule has 0 aliphatic carbocycles. The first kappa shape index (κ1) is 36.0. The first-order valence-electron chi connectivity index (χ1n) is 14.3. The van der Waals surface area contributed by atoms with E-state index in [0.29, 0.717) is 17.4 Å². The predicted octanol–water partition coefficient (Wildman–Crippen LogP) is 6.17. The van der Waals surface area contributed by atoms with Crippen LogP contribution in [0.4, 0.5) is 0 Å². The zero-order chi connectivity index (χ0) is 28.0. The molecule has 9 nitrogen and oxygen atoms in total. The number of phosphoric acid groups is 1. The second-order valence-electron chi connectivity index (χ2n) is 10.8. The quantitative estimate of drug-likeness (QED) is 0.0620. The Morgan fingerprint density at radius 1 is 0.757 bits per heavy atom. The summed E-state index contributed by atoms with van der Waals surface area (Å²) in [5.41, 5.74) is 0. The number of unbranched alkanes of at least 4 members (excludes halogenated alkanes) is 12. The van der Waals surface area contributed by atoms with Crippen molar-refractivity contribution in [1.82, 2.24) is 0 Å². The molecule has 1 N–H and O–H groups in total. The van der Waals surface area contributed by atoms with Crippen LogP contribution in [0.15, 0.2) is 0 Å². The third kappa shape index (κ3) is 25.1. The largest absolute Gasteiger partial charge is 0.472 e. The van der Waals surface area contributed by atoms with Crippen molar-refractivity contribution in [1.29, 1.82) is 0 Å². The van der Waals surface area contributed by atoms with E-state index in [-0.39, 0.29) is 26.1 Å². The fraction of sp³-hybridized carbons (Fsp3) is 0.926. The molecule has 1 unspecified atom stereocenters. The second-order valence-corrected chi connectivity index (χ2v) is 12.2. The van der Waals surface area contributed by atoms with Crippen molar-refractivity contribution >= 4 is 19.8 Å². The van der Waals surface area contributed by atoms with Gasteiger partial charge in [0.25, 0.3) is 0 Å². The van der Waals surface area contributed by atoms with Crippen LogP contribution < -0.4 is 0 Å². The maximum Gasteiger partial charge on any atom is 0.472 e. The van der Waals surface area contributed by atoms with Gasteiger partial charge in [0.15, 0.2) is 6.10 Å². The molecule has 0 heterocycles. The molecule has 0 rings (SSSR count). The molecule has 0 aromatic rings. The summed E-state index contributed by atoms with van der Waals surface area (Å²) in [4.78, 5) is 33.7. The van der Waals surface area contributed by atoms with Gasteiger partial charge in [-0.05, 0) is 6.42 Å². The normalized spacial score (nSPS) is 14.2. The third-order valence-electron chi connectivity index (χ3n) is 5.94. The van der Waals surface area contributed by atoms with E-state index in [2.05, 4.69) is 6.92 Å². The number of likely N-dealkylation sites (N-methyl/N-ethyl adjacent to an activating group) is 1. The van der Waals surface area contributed by atoms with Gasteiger partial charge in [-0.2, -0.15) is 0 Å². The summed E-state index contributed by atoms with van der Waals surface area (Å²) in [7, 11) is 1.47. The Balaban J connectivity index is 4.17. The van der Waals surface area contributed by atoms with Crippen molar-refractivity contribution in [3.63, 3.8) is 0 Å². The number of rotatable bonds is 25. The first-order valence-corrected chi connectivity index (χ1v) is 15.8. The molecule has 0 saturated carbocycles. The highest BCUT2D eigenvalue weighted by atomic mass is 31.2. The SMILES string of the molecule is CCCCCCCCCCCCCCCC(=O)O[C@H](COC(=O)CC)COP(=O)(O)OCC[N+](C)(C)C. The van der Waals surface area contributed by atoms with Gasteiger partial charge in [0.05, 0.1) is 27.7 Å². The lowest BCUT2D eigenvalue weighted by Gasteiger charge is -2.24. The van der Waals surface area contributed by atoms with Gasteiger partial charge in [0.2, 0.25) is 0 Å². The highest BCUT2D eigenvalue weighted by Crippen LogP contribution is 2.43. The fourth-order valence-corrected chi connectivity index (χ4v) is 4.32. The molecule has 2 atom stereocenters. The summed E-state index contributed by atoms with van der Waals surface area (Å²) in [6, 6.07) is 0. The Hall–Kier alpha value is -0.990. The van der Waals surface area contributed by atoms with Gasteiger partial charge < -0.3 is 18.9 Å². The summed E-state index contributed by atoms with van der Waals surface area (Å²) in [6.07, 6.45) is 15.2. The summed E-state index contributed by atoms with van der Waals surface area (Å²) < 4.78 is 33.1. The Morgan fingerprint density at radius 2 is 1.27 bits per heavy atom.